The van der Waals surface area contributed by atoms with E-state index in [9.17, 15) is 4.79 Å². The second-order valence-corrected chi connectivity index (χ2v) is 6.68. The van der Waals surface area contributed by atoms with Gasteiger partial charge < -0.3 is 14.3 Å². The summed E-state index contributed by atoms with van der Waals surface area (Å²) in [5.74, 6) is 1.45. The van der Waals surface area contributed by atoms with Crippen molar-refractivity contribution in [2.75, 3.05) is 6.54 Å². The Morgan fingerprint density at radius 1 is 1.23 bits per heavy atom. The van der Waals surface area contributed by atoms with Crippen molar-refractivity contribution in [2.45, 2.75) is 19.9 Å². The third kappa shape index (κ3) is 2.34. The topological polar surface area (TPSA) is 77.9 Å². The summed E-state index contributed by atoms with van der Waals surface area (Å²) in [7, 11) is 0. The number of nitrogens with zero attached hydrogens (tertiary/aromatic N) is 2. The van der Waals surface area contributed by atoms with Gasteiger partial charge in [0.25, 0.3) is 5.91 Å². The predicted molar refractivity (Wildman–Crippen MR) is 97.8 cm³/mol. The number of benzene rings is 1. The third-order valence-electron chi connectivity index (χ3n) is 4.97. The Balaban J connectivity index is 1.42. The maximum Gasteiger partial charge on any atom is 0.274 e. The van der Waals surface area contributed by atoms with Crippen LogP contribution in [0.1, 0.15) is 27.5 Å². The van der Waals surface area contributed by atoms with E-state index in [2.05, 4.69) is 27.3 Å². The highest BCUT2D eigenvalue weighted by atomic mass is 16.3. The van der Waals surface area contributed by atoms with Gasteiger partial charge in [-0.3, -0.25) is 9.89 Å². The number of furan rings is 1. The van der Waals surface area contributed by atoms with Crippen LogP contribution in [-0.4, -0.2) is 32.5 Å². The Morgan fingerprint density at radius 3 is 2.96 bits per heavy atom. The Kier molecular flexibility index (Phi) is 3.25. The average Bonchev–Trinajstić information content (AvgIpc) is 3.38. The van der Waals surface area contributed by atoms with Crippen molar-refractivity contribution >= 4 is 16.8 Å². The maximum atomic E-state index is 12.9. The Hall–Kier alpha value is -3.28. The molecule has 26 heavy (non-hydrogen) atoms. The van der Waals surface area contributed by atoms with Crippen LogP contribution in [0.3, 0.4) is 0 Å². The number of para-hydroxylation sites is 1. The lowest BCUT2D eigenvalue weighted by Gasteiger charge is -2.26. The number of amides is 1. The molecule has 1 aliphatic rings. The Labute approximate surface area is 149 Å². The van der Waals surface area contributed by atoms with Crippen LogP contribution in [0.5, 0.6) is 0 Å². The molecule has 0 atom stereocenters. The predicted octanol–water partition coefficient (Wildman–Crippen LogP) is 3.66. The van der Waals surface area contributed by atoms with E-state index in [1.54, 1.807) is 6.07 Å². The summed E-state index contributed by atoms with van der Waals surface area (Å²) in [5.41, 5.74) is 4.69. The molecule has 1 amide bonds. The van der Waals surface area contributed by atoms with Crippen LogP contribution in [0, 0.1) is 6.92 Å². The van der Waals surface area contributed by atoms with Crippen molar-refractivity contribution in [3.05, 3.63) is 65.2 Å². The molecule has 4 heterocycles. The van der Waals surface area contributed by atoms with Crippen LogP contribution in [0.2, 0.25) is 0 Å². The minimum atomic E-state index is -0.0632. The summed E-state index contributed by atoms with van der Waals surface area (Å²) in [6, 6.07) is 13.7. The summed E-state index contributed by atoms with van der Waals surface area (Å²) in [5, 5.41) is 8.29. The molecular formula is C20H18N4O2. The largest absolute Gasteiger partial charge is 0.460 e. The molecule has 0 saturated heterocycles. The molecule has 0 unspecified atom stereocenters. The zero-order valence-electron chi connectivity index (χ0n) is 14.4. The quantitative estimate of drug-likeness (QED) is 0.581. The number of aromatic amines is 2. The lowest BCUT2D eigenvalue weighted by atomic mass is 10.0. The number of H-pyrrole nitrogens is 2. The maximum absolute atomic E-state index is 12.9. The smallest absolute Gasteiger partial charge is 0.274 e. The van der Waals surface area contributed by atoms with Crippen LogP contribution >= 0.6 is 0 Å². The fraction of sp³-hybridized carbons (Fsp3) is 0.200. The third-order valence-corrected chi connectivity index (χ3v) is 4.97. The summed E-state index contributed by atoms with van der Waals surface area (Å²) in [6.45, 7) is 3.17. The fourth-order valence-electron chi connectivity index (χ4n) is 3.64. The highest BCUT2D eigenvalue weighted by Crippen LogP contribution is 2.28. The molecule has 3 aromatic heterocycles. The van der Waals surface area contributed by atoms with Gasteiger partial charge in [0.05, 0.1) is 0 Å². The molecule has 6 nitrogen and oxygen atoms in total. The second-order valence-electron chi connectivity index (χ2n) is 6.68. The highest BCUT2D eigenvalue weighted by Gasteiger charge is 2.26. The number of hydrogen-bond donors (Lipinski definition) is 2. The standard InChI is InChI=1S/C20H18N4O2/c1-12-6-7-19(26-12)17-10-18(23-22-17)20(25)24-9-8-16-14(11-24)13-4-2-3-5-15(13)21-16/h2-7,10,21H,8-9,11H2,1H3,(H,22,23). The van der Waals surface area contributed by atoms with Gasteiger partial charge in [-0.1, -0.05) is 18.2 Å². The normalized spacial score (nSPS) is 14.0. The first-order valence-electron chi connectivity index (χ1n) is 8.69. The monoisotopic (exact) mass is 346 g/mol. The second kappa shape index (κ2) is 5.62. The molecule has 6 heteroatoms. The number of hydrogen-bond acceptors (Lipinski definition) is 3. The van der Waals surface area contributed by atoms with Crippen molar-refractivity contribution < 1.29 is 9.21 Å². The number of carbonyl (C=O) groups is 1. The van der Waals surface area contributed by atoms with Crippen LogP contribution in [0.4, 0.5) is 0 Å². The van der Waals surface area contributed by atoms with E-state index in [4.69, 9.17) is 4.42 Å². The SMILES string of the molecule is Cc1ccc(-c2cc(C(=O)N3CCc4[nH]c5ccccc5c4C3)n[nH]2)o1. The molecule has 2 N–H and O–H groups in total. The molecule has 0 aliphatic carbocycles. The van der Waals surface area contributed by atoms with Crippen LogP contribution in [-0.2, 0) is 13.0 Å². The first-order chi connectivity index (χ1) is 12.7. The van der Waals surface area contributed by atoms with Crippen molar-refractivity contribution in [3.8, 4) is 11.5 Å². The first kappa shape index (κ1) is 15.0. The van der Waals surface area contributed by atoms with Gasteiger partial charge in [0.15, 0.2) is 11.5 Å². The Morgan fingerprint density at radius 2 is 2.12 bits per heavy atom. The van der Waals surface area contributed by atoms with E-state index in [0.717, 1.165) is 17.7 Å². The Bertz CT molecular complexity index is 1120. The van der Waals surface area contributed by atoms with Crippen LogP contribution < -0.4 is 0 Å². The van der Waals surface area contributed by atoms with Gasteiger partial charge in [0.2, 0.25) is 0 Å². The molecule has 0 bridgehead atoms. The van der Waals surface area contributed by atoms with Gasteiger partial charge in [-0.2, -0.15) is 5.10 Å². The summed E-state index contributed by atoms with van der Waals surface area (Å²) >= 11 is 0. The minimum absolute atomic E-state index is 0.0632. The van der Waals surface area contributed by atoms with Gasteiger partial charge in [-0.05, 0) is 25.1 Å². The van der Waals surface area contributed by atoms with E-state index in [-0.39, 0.29) is 5.91 Å². The van der Waals surface area contributed by atoms with E-state index >= 15 is 0 Å². The number of rotatable bonds is 2. The van der Waals surface area contributed by atoms with E-state index in [1.807, 2.05) is 36.1 Å². The molecular weight excluding hydrogens is 328 g/mol. The van der Waals surface area contributed by atoms with Crippen molar-refractivity contribution in [3.63, 3.8) is 0 Å². The lowest BCUT2D eigenvalue weighted by molar-refractivity contribution is 0.0729. The zero-order chi connectivity index (χ0) is 17.7. The molecule has 130 valence electrons. The van der Waals surface area contributed by atoms with Gasteiger partial charge in [-0.15, -0.1) is 0 Å². The molecule has 1 aliphatic heterocycles. The molecule has 0 fully saturated rings. The number of aromatic nitrogens is 3. The fourth-order valence-corrected chi connectivity index (χ4v) is 3.64. The van der Waals surface area contributed by atoms with Gasteiger partial charge >= 0.3 is 0 Å². The van der Waals surface area contributed by atoms with Crippen LogP contribution in [0.25, 0.3) is 22.4 Å². The number of carbonyl (C=O) groups excluding carboxylic acids is 1. The van der Waals surface area contributed by atoms with Crippen LogP contribution in [0.15, 0.2) is 46.9 Å². The zero-order valence-corrected chi connectivity index (χ0v) is 14.4. The summed E-state index contributed by atoms with van der Waals surface area (Å²) < 4.78 is 5.59. The summed E-state index contributed by atoms with van der Waals surface area (Å²) in [4.78, 5) is 18.2. The van der Waals surface area contributed by atoms with E-state index in [1.165, 1.54) is 16.6 Å². The molecule has 0 spiro atoms. The van der Waals surface area contributed by atoms with Crippen molar-refractivity contribution in [2.24, 2.45) is 0 Å². The number of fused-ring (bicyclic) bond motifs is 3. The minimum Gasteiger partial charge on any atom is -0.460 e. The lowest BCUT2D eigenvalue weighted by Crippen LogP contribution is -2.36. The first-order valence-corrected chi connectivity index (χ1v) is 8.69. The number of nitrogens with one attached hydrogen (secondary N) is 2. The molecule has 5 rings (SSSR count). The highest BCUT2D eigenvalue weighted by molar-refractivity contribution is 5.94. The molecule has 0 radical (unpaired) electrons. The van der Waals surface area contributed by atoms with Gasteiger partial charge in [0, 0.05) is 47.7 Å². The van der Waals surface area contributed by atoms with Gasteiger partial charge in [-0.25, -0.2) is 0 Å². The molecule has 4 aromatic rings. The van der Waals surface area contributed by atoms with Gasteiger partial charge in [0.1, 0.15) is 11.5 Å². The van der Waals surface area contributed by atoms with Crippen molar-refractivity contribution in [1.82, 2.24) is 20.1 Å². The number of aryl methyl sites for hydroxylation is 1. The summed E-state index contributed by atoms with van der Waals surface area (Å²) in [6.07, 6.45) is 0.824. The molecule has 1 aromatic carbocycles. The molecule has 0 saturated carbocycles. The van der Waals surface area contributed by atoms with Crippen molar-refractivity contribution in [1.29, 1.82) is 0 Å². The van der Waals surface area contributed by atoms with E-state index in [0.29, 0.717) is 30.2 Å². The van der Waals surface area contributed by atoms with E-state index < -0.39 is 0 Å². The average molecular weight is 346 g/mol.